The van der Waals surface area contributed by atoms with Crippen LogP contribution in [0.1, 0.15) is 24.6 Å². The van der Waals surface area contributed by atoms with E-state index in [1.807, 2.05) is 17.5 Å². The van der Waals surface area contributed by atoms with Crippen LogP contribution in [0.25, 0.3) is 0 Å². The number of carbonyl (C=O) groups is 1. The summed E-state index contributed by atoms with van der Waals surface area (Å²) in [6, 6.07) is 3.75. The molecule has 2 N–H and O–H groups in total. The first-order valence-electron chi connectivity index (χ1n) is 8.75. The van der Waals surface area contributed by atoms with E-state index in [2.05, 4.69) is 11.8 Å². The normalized spacial score (nSPS) is 28.0. The molecule has 2 fully saturated rings. The molecule has 3 heterocycles. The van der Waals surface area contributed by atoms with Crippen molar-refractivity contribution in [1.29, 1.82) is 0 Å². The molecule has 9 heteroatoms. The quantitative estimate of drug-likeness (QED) is 0.749. The number of nitrogens with zero attached hydrogens (tertiary/aromatic N) is 2. The van der Waals surface area contributed by atoms with Crippen LogP contribution in [0.4, 0.5) is 0 Å². The third kappa shape index (κ3) is 5.19. The molecule has 0 bridgehead atoms. The Hall–Kier alpha value is -0.670. The van der Waals surface area contributed by atoms with Gasteiger partial charge in [0.05, 0.1) is 24.6 Å². The molecule has 6 nitrogen and oxygen atoms in total. The number of likely N-dealkylation sites (tertiary alicyclic amines) is 1. The smallest absolute Gasteiger partial charge is 0.237 e. The van der Waals surface area contributed by atoms with Crippen LogP contribution >= 0.6 is 23.7 Å². The van der Waals surface area contributed by atoms with Gasteiger partial charge < -0.3 is 10.6 Å². The summed E-state index contributed by atoms with van der Waals surface area (Å²) in [5.41, 5.74) is 5.93. The van der Waals surface area contributed by atoms with Gasteiger partial charge in [0.2, 0.25) is 5.91 Å². The molecule has 1 amide bonds. The Morgan fingerprint density at radius 1 is 1.50 bits per heavy atom. The minimum absolute atomic E-state index is 0. The van der Waals surface area contributed by atoms with Crippen molar-refractivity contribution in [2.24, 2.45) is 11.1 Å². The largest absolute Gasteiger partial charge is 0.332 e. The summed E-state index contributed by atoms with van der Waals surface area (Å²) in [6.07, 6.45) is 1.54. The van der Waals surface area contributed by atoms with Gasteiger partial charge in [-0.15, -0.1) is 23.7 Å². The predicted molar refractivity (Wildman–Crippen MR) is 107 cm³/mol. The van der Waals surface area contributed by atoms with E-state index in [0.29, 0.717) is 26.1 Å². The zero-order chi connectivity index (χ0) is 18.1. The molecule has 0 radical (unpaired) electrons. The van der Waals surface area contributed by atoms with Crippen molar-refractivity contribution in [2.75, 3.05) is 37.7 Å². The molecule has 0 aliphatic carbocycles. The van der Waals surface area contributed by atoms with Gasteiger partial charge >= 0.3 is 0 Å². The Bertz CT molecular complexity index is 711. The van der Waals surface area contributed by atoms with Crippen molar-refractivity contribution >= 4 is 39.5 Å². The Morgan fingerprint density at radius 3 is 2.81 bits per heavy atom. The van der Waals surface area contributed by atoms with Gasteiger partial charge in [0, 0.05) is 17.5 Å². The number of rotatable bonds is 6. The minimum Gasteiger partial charge on any atom is -0.332 e. The molecule has 0 saturated carbocycles. The van der Waals surface area contributed by atoms with Crippen LogP contribution in [0, 0.1) is 5.41 Å². The molecule has 2 aliphatic rings. The van der Waals surface area contributed by atoms with E-state index in [0.717, 1.165) is 24.4 Å². The van der Waals surface area contributed by atoms with E-state index in [4.69, 9.17) is 5.73 Å². The standard InChI is InChI=1S/C17H27N3O3S2.ClH/c1-17(12-18)5-6-19(13-17)10-16(21)20(9-15-3-2-7-24-15)14-4-8-25(22,23)11-14;/h2-3,7,14H,4-6,8-13,18H2,1H3;1H. The Kier molecular flexibility index (Phi) is 7.12. The Morgan fingerprint density at radius 2 is 2.27 bits per heavy atom. The lowest BCUT2D eigenvalue weighted by atomic mass is 9.90. The van der Waals surface area contributed by atoms with E-state index in [1.54, 1.807) is 16.2 Å². The summed E-state index contributed by atoms with van der Waals surface area (Å²) in [5, 5.41) is 1.98. The van der Waals surface area contributed by atoms with Crippen LogP contribution in [0.2, 0.25) is 0 Å². The lowest BCUT2D eigenvalue weighted by Gasteiger charge is -2.30. The summed E-state index contributed by atoms with van der Waals surface area (Å²) in [4.78, 5) is 18.0. The van der Waals surface area contributed by atoms with Crippen LogP contribution in [-0.2, 0) is 21.2 Å². The highest BCUT2D eigenvalue weighted by Gasteiger charge is 2.37. The summed E-state index contributed by atoms with van der Waals surface area (Å²) >= 11 is 1.60. The van der Waals surface area contributed by atoms with Crippen molar-refractivity contribution in [3.8, 4) is 0 Å². The zero-order valence-corrected chi connectivity index (χ0v) is 17.5. The van der Waals surface area contributed by atoms with Crippen LogP contribution in [0.3, 0.4) is 0 Å². The number of sulfone groups is 1. The first-order valence-corrected chi connectivity index (χ1v) is 11.5. The summed E-state index contributed by atoms with van der Waals surface area (Å²) in [5.74, 6) is 0.294. The maximum absolute atomic E-state index is 13.0. The molecule has 1 aromatic heterocycles. The molecule has 148 valence electrons. The van der Waals surface area contributed by atoms with E-state index in [1.165, 1.54) is 0 Å². The number of hydrogen-bond donors (Lipinski definition) is 1. The fourth-order valence-electron chi connectivity index (χ4n) is 3.72. The van der Waals surface area contributed by atoms with E-state index >= 15 is 0 Å². The second-order valence-corrected chi connectivity index (χ2v) is 10.9. The number of amides is 1. The molecule has 0 aromatic carbocycles. The number of hydrogen-bond acceptors (Lipinski definition) is 6. The molecule has 2 aliphatic heterocycles. The Balaban J connectivity index is 0.00000243. The zero-order valence-electron chi connectivity index (χ0n) is 15.1. The van der Waals surface area contributed by atoms with Crippen molar-refractivity contribution in [2.45, 2.75) is 32.4 Å². The van der Waals surface area contributed by atoms with Gasteiger partial charge in [-0.25, -0.2) is 8.42 Å². The predicted octanol–water partition coefficient (Wildman–Crippen LogP) is 1.36. The number of carbonyl (C=O) groups excluding carboxylic acids is 1. The summed E-state index contributed by atoms with van der Waals surface area (Å²) in [7, 11) is -3.02. The van der Waals surface area contributed by atoms with Crippen LogP contribution in [0.5, 0.6) is 0 Å². The van der Waals surface area contributed by atoms with Gasteiger partial charge in [-0.2, -0.15) is 0 Å². The van der Waals surface area contributed by atoms with Crippen LogP contribution < -0.4 is 5.73 Å². The van der Waals surface area contributed by atoms with E-state index in [9.17, 15) is 13.2 Å². The van der Waals surface area contributed by atoms with Gasteiger partial charge in [-0.1, -0.05) is 13.0 Å². The highest BCUT2D eigenvalue weighted by Crippen LogP contribution is 2.29. The van der Waals surface area contributed by atoms with Gasteiger partial charge in [0.15, 0.2) is 9.84 Å². The Labute approximate surface area is 166 Å². The van der Waals surface area contributed by atoms with E-state index in [-0.39, 0.29) is 41.3 Å². The molecule has 3 rings (SSSR count). The average molecular weight is 422 g/mol. The molecule has 0 spiro atoms. The molecular weight excluding hydrogens is 394 g/mol. The monoisotopic (exact) mass is 421 g/mol. The summed E-state index contributed by atoms with van der Waals surface area (Å²) in [6.45, 7) is 5.32. The topological polar surface area (TPSA) is 83.7 Å². The maximum atomic E-state index is 13.0. The van der Waals surface area contributed by atoms with E-state index < -0.39 is 9.84 Å². The van der Waals surface area contributed by atoms with Crippen LogP contribution in [0.15, 0.2) is 17.5 Å². The minimum atomic E-state index is -3.02. The lowest BCUT2D eigenvalue weighted by Crippen LogP contribution is -2.45. The van der Waals surface area contributed by atoms with Crippen molar-refractivity contribution in [1.82, 2.24) is 9.80 Å². The second-order valence-electron chi connectivity index (χ2n) is 7.63. The lowest BCUT2D eigenvalue weighted by molar-refractivity contribution is -0.134. The average Bonchev–Trinajstić information content (AvgIpc) is 3.26. The molecule has 1 aromatic rings. The highest BCUT2D eigenvalue weighted by atomic mass is 35.5. The van der Waals surface area contributed by atoms with Gasteiger partial charge in [0.25, 0.3) is 0 Å². The maximum Gasteiger partial charge on any atom is 0.237 e. The molecule has 2 saturated heterocycles. The fourth-order valence-corrected chi connectivity index (χ4v) is 6.16. The first-order chi connectivity index (χ1) is 11.8. The van der Waals surface area contributed by atoms with Gasteiger partial charge in [-0.05, 0) is 42.8 Å². The van der Waals surface area contributed by atoms with Gasteiger partial charge in [0.1, 0.15) is 0 Å². The summed E-state index contributed by atoms with van der Waals surface area (Å²) < 4.78 is 23.8. The van der Waals surface area contributed by atoms with Gasteiger partial charge in [-0.3, -0.25) is 9.69 Å². The van der Waals surface area contributed by atoms with Crippen molar-refractivity contribution in [3.05, 3.63) is 22.4 Å². The molecular formula is C17H28ClN3O3S2. The number of halogens is 1. The molecule has 26 heavy (non-hydrogen) atoms. The molecule has 2 unspecified atom stereocenters. The third-order valence-electron chi connectivity index (χ3n) is 5.36. The number of thiophene rings is 1. The third-order valence-corrected chi connectivity index (χ3v) is 7.98. The number of nitrogens with two attached hydrogens (primary N) is 1. The highest BCUT2D eigenvalue weighted by molar-refractivity contribution is 7.91. The second kappa shape index (κ2) is 8.56. The SMILES string of the molecule is CC1(CN)CCN(CC(=O)N(Cc2cccs2)C2CCS(=O)(=O)C2)C1.Cl. The first kappa shape index (κ1) is 21.6. The van der Waals surface area contributed by atoms with Crippen molar-refractivity contribution in [3.63, 3.8) is 0 Å². The van der Waals surface area contributed by atoms with Crippen LogP contribution in [-0.4, -0.2) is 67.9 Å². The molecule has 2 atom stereocenters. The fraction of sp³-hybridized carbons (Fsp3) is 0.706. The van der Waals surface area contributed by atoms with Crippen molar-refractivity contribution < 1.29 is 13.2 Å².